The van der Waals surface area contributed by atoms with E-state index >= 15 is 0 Å². The minimum Gasteiger partial charge on any atom is -0.391 e. The Hall–Kier alpha value is -2.29. The summed E-state index contributed by atoms with van der Waals surface area (Å²) in [5, 5.41) is 14.3. The van der Waals surface area contributed by atoms with Gasteiger partial charge in [0.15, 0.2) is 11.2 Å². The second kappa shape index (κ2) is 8.09. The number of benzene rings is 1. The Labute approximate surface area is 182 Å². The first kappa shape index (κ1) is 21.0. The number of hydrogen-bond acceptors (Lipinski definition) is 5. The lowest BCUT2D eigenvalue weighted by Crippen LogP contribution is -2.39. The topological polar surface area (TPSA) is 94.1 Å². The minimum atomic E-state index is -0.471. The third-order valence-electron chi connectivity index (χ3n) is 5.73. The molecule has 0 amide bonds. The van der Waals surface area contributed by atoms with Gasteiger partial charge in [-0.05, 0) is 30.5 Å². The molecule has 0 spiro atoms. The Kier molecular flexibility index (Phi) is 5.65. The molecule has 10 heteroatoms. The van der Waals surface area contributed by atoms with E-state index in [1.54, 1.807) is 36.9 Å². The summed E-state index contributed by atoms with van der Waals surface area (Å²) in [7, 11) is 3.31. The van der Waals surface area contributed by atoms with E-state index in [0.717, 1.165) is 30.3 Å². The molecule has 0 aliphatic heterocycles. The van der Waals surface area contributed by atoms with Crippen molar-refractivity contribution < 1.29 is 5.11 Å². The highest BCUT2D eigenvalue weighted by atomic mass is 35.5. The quantitative estimate of drug-likeness (QED) is 0.635. The number of halogens is 2. The molecule has 0 bridgehead atoms. The van der Waals surface area contributed by atoms with Crippen LogP contribution in [0.2, 0.25) is 10.0 Å². The second-order valence-corrected chi connectivity index (χ2v) is 8.57. The number of nitrogens with one attached hydrogen (secondary N) is 1. The van der Waals surface area contributed by atoms with Crippen LogP contribution < -0.4 is 16.6 Å². The van der Waals surface area contributed by atoms with Crippen molar-refractivity contribution in [3.8, 4) is 0 Å². The van der Waals surface area contributed by atoms with Crippen molar-refractivity contribution in [2.45, 2.75) is 44.4 Å². The van der Waals surface area contributed by atoms with Crippen LogP contribution in [0.15, 0.2) is 27.8 Å². The summed E-state index contributed by atoms with van der Waals surface area (Å²) in [4.78, 5) is 30.6. The molecule has 0 unspecified atom stereocenters. The van der Waals surface area contributed by atoms with E-state index in [0.29, 0.717) is 32.7 Å². The van der Waals surface area contributed by atoms with Gasteiger partial charge < -0.3 is 15.0 Å². The van der Waals surface area contributed by atoms with Crippen LogP contribution in [-0.4, -0.2) is 35.9 Å². The van der Waals surface area contributed by atoms with Crippen LogP contribution in [0.5, 0.6) is 0 Å². The fourth-order valence-corrected chi connectivity index (χ4v) is 4.30. The average Bonchev–Trinajstić information content (AvgIpc) is 3.04. The van der Waals surface area contributed by atoms with E-state index in [4.69, 9.17) is 23.2 Å². The number of nitrogens with zero attached hydrogens (tertiary/aromatic N) is 4. The van der Waals surface area contributed by atoms with Gasteiger partial charge in [-0.3, -0.25) is 13.9 Å². The largest absolute Gasteiger partial charge is 0.391 e. The maximum atomic E-state index is 13.2. The molecule has 0 saturated heterocycles. The Morgan fingerprint density at radius 2 is 1.87 bits per heavy atom. The monoisotopic (exact) mass is 451 g/mol. The van der Waals surface area contributed by atoms with Crippen LogP contribution in [0, 0.1) is 0 Å². The molecule has 0 radical (unpaired) electrons. The molecule has 2 atom stereocenters. The van der Waals surface area contributed by atoms with Crippen LogP contribution in [-0.2, 0) is 20.6 Å². The SMILES string of the molecule is Cn1c(N[C@@H]2CCCC[C@H]2O)nc2c1c(=O)n(Cc1ccc(Cl)c(Cl)c1)c(=O)n2C. The molecule has 1 aliphatic rings. The van der Waals surface area contributed by atoms with Gasteiger partial charge in [0.05, 0.1) is 28.7 Å². The molecular weight excluding hydrogens is 429 g/mol. The number of aliphatic hydroxyl groups excluding tert-OH is 1. The van der Waals surface area contributed by atoms with Crippen molar-refractivity contribution in [3.63, 3.8) is 0 Å². The van der Waals surface area contributed by atoms with Gasteiger partial charge >= 0.3 is 5.69 Å². The van der Waals surface area contributed by atoms with Crippen molar-refractivity contribution in [2.24, 2.45) is 14.1 Å². The summed E-state index contributed by atoms with van der Waals surface area (Å²) in [6.07, 6.45) is 3.11. The maximum Gasteiger partial charge on any atom is 0.332 e. The number of rotatable bonds is 4. The molecule has 160 valence electrons. The van der Waals surface area contributed by atoms with E-state index in [9.17, 15) is 14.7 Å². The van der Waals surface area contributed by atoms with Gasteiger partial charge in [-0.1, -0.05) is 42.1 Å². The lowest BCUT2D eigenvalue weighted by molar-refractivity contribution is 0.116. The molecule has 8 nitrogen and oxygen atoms in total. The number of fused-ring (bicyclic) bond motifs is 1. The molecule has 1 aromatic carbocycles. The Morgan fingerprint density at radius 1 is 1.13 bits per heavy atom. The average molecular weight is 452 g/mol. The second-order valence-electron chi connectivity index (χ2n) is 7.75. The Morgan fingerprint density at radius 3 is 2.57 bits per heavy atom. The molecule has 3 aromatic rings. The van der Waals surface area contributed by atoms with Crippen molar-refractivity contribution in [1.82, 2.24) is 18.7 Å². The predicted molar refractivity (Wildman–Crippen MR) is 118 cm³/mol. The smallest absolute Gasteiger partial charge is 0.332 e. The molecule has 30 heavy (non-hydrogen) atoms. The first-order chi connectivity index (χ1) is 14.3. The zero-order valence-electron chi connectivity index (χ0n) is 16.7. The standard InChI is InChI=1S/C20H23Cl2N5O3/c1-25-16-17(24-19(25)23-14-5-3-4-6-15(14)28)26(2)20(30)27(18(16)29)10-11-7-8-12(21)13(22)9-11/h7-9,14-15,28H,3-6,10H2,1-2H3,(H,23,24)/t14-,15-/m1/s1. The number of aryl methyl sites for hydroxylation is 2. The Bertz CT molecular complexity index is 1230. The van der Waals surface area contributed by atoms with Crippen LogP contribution in [0.1, 0.15) is 31.2 Å². The number of anilines is 1. The van der Waals surface area contributed by atoms with Crippen LogP contribution >= 0.6 is 23.2 Å². The van der Waals surface area contributed by atoms with Crippen molar-refractivity contribution in [3.05, 3.63) is 54.6 Å². The third-order valence-corrected chi connectivity index (χ3v) is 6.47. The van der Waals surface area contributed by atoms with Gasteiger partial charge in [0.2, 0.25) is 5.95 Å². The first-order valence-electron chi connectivity index (χ1n) is 9.82. The summed E-state index contributed by atoms with van der Waals surface area (Å²) >= 11 is 12.0. The predicted octanol–water partition coefficient (Wildman–Crippen LogP) is 2.50. The van der Waals surface area contributed by atoms with Crippen LogP contribution in [0.3, 0.4) is 0 Å². The minimum absolute atomic E-state index is 0.0631. The van der Waals surface area contributed by atoms with Crippen molar-refractivity contribution in [1.29, 1.82) is 0 Å². The summed E-state index contributed by atoms with van der Waals surface area (Å²) in [6.45, 7) is 0.0631. The van der Waals surface area contributed by atoms with Gasteiger partial charge in [0.25, 0.3) is 5.56 Å². The third kappa shape index (κ3) is 3.64. The molecule has 1 aliphatic carbocycles. The maximum absolute atomic E-state index is 13.2. The number of hydrogen-bond donors (Lipinski definition) is 2. The van der Waals surface area contributed by atoms with Crippen molar-refractivity contribution >= 4 is 40.3 Å². The number of imidazole rings is 1. The zero-order chi connectivity index (χ0) is 21.6. The molecule has 1 fully saturated rings. The van der Waals surface area contributed by atoms with Gasteiger partial charge in [-0.15, -0.1) is 0 Å². The van der Waals surface area contributed by atoms with E-state index in [-0.39, 0.29) is 12.6 Å². The van der Waals surface area contributed by atoms with E-state index in [2.05, 4.69) is 10.3 Å². The lowest BCUT2D eigenvalue weighted by atomic mass is 9.93. The molecule has 4 rings (SSSR count). The molecule has 1 saturated carbocycles. The van der Waals surface area contributed by atoms with Gasteiger partial charge in [-0.2, -0.15) is 4.98 Å². The highest BCUT2D eigenvalue weighted by Crippen LogP contribution is 2.24. The van der Waals surface area contributed by atoms with E-state index < -0.39 is 17.4 Å². The summed E-state index contributed by atoms with van der Waals surface area (Å²) < 4.78 is 4.16. The lowest BCUT2D eigenvalue weighted by Gasteiger charge is -2.28. The highest BCUT2D eigenvalue weighted by Gasteiger charge is 2.26. The summed E-state index contributed by atoms with van der Waals surface area (Å²) in [5.74, 6) is 0.454. The molecule has 2 heterocycles. The fraction of sp³-hybridized carbons (Fsp3) is 0.450. The highest BCUT2D eigenvalue weighted by molar-refractivity contribution is 6.42. The molecule has 2 N–H and O–H groups in total. The first-order valence-corrected chi connectivity index (χ1v) is 10.6. The number of aliphatic hydroxyl groups is 1. The van der Waals surface area contributed by atoms with Gasteiger partial charge in [0.1, 0.15) is 0 Å². The van der Waals surface area contributed by atoms with E-state index in [1.165, 1.54) is 4.57 Å². The normalized spacial score (nSPS) is 19.4. The number of aromatic nitrogens is 4. The zero-order valence-corrected chi connectivity index (χ0v) is 18.2. The summed E-state index contributed by atoms with van der Waals surface area (Å²) in [6, 6.07) is 4.87. The molecular formula is C20H23Cl2N5O3. The van der Waals surface area contributed by atoms with Crippen LogP contribution in [0.25, 0.3) is 11.2 Å². The fourth-order valence-electron chi connectivity index (χ4n) is 3.98. The van der Waals surface area contributed by atoms with Crippen molar-refractivity contribution in [2.75, 3.05) is 5.32 Å². The summed E-state index contributed by atoms with van der Waals surface area (Å²) in [5.41, 5.74) is 0.386. The van der Waals surface area contributed by atoms with Gasteiger partial charge in [0, 0.05) is 14.1 Å². The van der Waals surface area contributed by atoms with E-state index in [1.807, 2.05) is 0 Å². The van der Waals surface area contributed by atoms with Crippen LogP contribution in [0.4, 0.5) is 5.95 Å². The van der Waals surface area contributed by atoms with Gasteiger partial charge in [-0.25, -0.2) is 4.79 Å². The molecule has 2 aromatic heterocycles. The Balaban J connectivity index is 1.78.